The van der Waals surface area contributed by atoms with E-state index in [4.69, 9.17) is 14.6 Å². The van der Waals surface area contributed by atoms with Crippen molar-refractivity contribution in [3.63, 3.8) is 0 Å². The van der Waals surface area contributed by atoms with E-state index in [1.165, 1.54) is 14.0 Å². The molecule has 0 bridgehead atoms. The van der Waals surface area contributed by atoms with E-state index in [1.54, 1.807) is 0 Å². The number of hydrogen-bond acceptors (Lipinski definition) is 5. The molecule has 12 heavy (non-hydrogen) atoms. The van der Waals surface area contributed by atoms with Crippen molar-refractivity contribution in [2.24, 2.45) is 0 Å². The van der Waals surface area contributed by atoms with E-state index in [-0.39, 0.29) is 0 Å². The molecule has 1 aliphatic rings. The molecule has 1 fully saturated rings. The zero-order valence-electron chi connectivity index (χ0n) is 6.93. The highest BCUT2D eigenvalue weighted by molar-refractivity contribution is 5.88. The first kappa shape index (κ1) is 9.60. The highest BCUT2D eigenvalue weighted by atomic mass is 16.7. The van der Waals surface area contributed by atoms with E-state index < -0.39 is 30.4 Å². The monoisotopic (exact) mass is 176 g/mol. The Morgan fingerprint density at radius 1 is 1.50 bits per heavy atom. The van der Waals surface area contributed by atoms with Gasteiger partial charge >= 0.3 is 0 Å². The molecule has 1 aliphatic heterocycles. The SMILES string of the molecule is CO[C@H]1OC(C)C(=O)[C@H](O)C1O. The van der Waals surface area contributed by atoms with Crippen LogP contribution in [0.5, 0.6) is 0 Å². The molecule has 0 aromatic heterocycles. The van der Waals surface area contributed by atoms with Gasteiger partial charge in [0, 0.05) is 7.11 Å². The third-order valence-corrected chi connectivity index (χ3v) is 1.87. The van der Waals surface area contributed by atoms with Crippen molar-refractivity contribution in [1.29, 1.82) is 0 Å². The molecule has 5 heteroatoms. The van der Waals surface area contributed by atoms with Crippen LogP contribution in [0, 0.1) is 0 Å². The summed E-state index contributed by atoms with van der Waals surface area (Å²) < 4.78 is 9.66. The number of hydrogen-bond donors (Lipinski definition) is 2. The quantitative estimate of drug-likeness (QED) is 0.517. The lowest BCUT2D eigenvalue weighted by atomic mass is 10.0. The minimum Gasteiger partial charge on any atom is -0.385 e. The minimum atomic E-state index is -1.40. The summed E-state index contributed by atoms with van der Waals surface area (Å²) in [6.45, 7) is 1.50. The molecule has 2 unspecified atom stereocenters. The predicted molar refractivity (Wildman–Crippen MR) is 38.4 cm³/mol. The second-order valence-electron chi connectivity index (χ2n) is 2.72. The van der Waals surface area contributed by atoms with E-state index in [9.17, 15) is 9.90 Å². The van der Waals surface area contributed by atoms with Crippen LogP contribution < -0.4 is 0 Å². The third kappa shape index (κ3) is 1.49. The third-order valence-electron chi connectivity index (χ3n) is 1.87. The summed E-state index contributed by atoms with van der Waals surface area (Å²) in [4.78, 5) is 11.0. The number of ether oxygens (including phenoxy) is 2. The fourth-order valence-corrected chi connectivity index (χ4v) is 1.10. The Morgan fingerprint density at radius 3 is 2.58 bits per heavy atom. The molecule has 0 spiro atoms. The molecule has 1 saturated heterocycles. The summed E-state index contributed by atoms with van der Waals surface area (Å²) in [5.74, 6) is -0.518. The van der Waals surface area contributed by atoms with Crippen molar-refractivity contribution in [3.05, 3.63) is 0 Å². The van der Waals surface area contributed by atoms with Crippen LogP contribution >= 0.6 is 0 Å². The Bertz CT molecular complexity index is 181. The Morgan fingerprint density at radius 2 is 2.08 bits per heavy atom. The lowest BCUT2D eigenvalue weighted by Gasteiger charge is -2.33. The number of carbonyl (C=O) groups excluding carboxylic acids is 1. The normalized spacial score (nSPS) is 43.2. The van der Waals surface area contributed by atoms with Crippen molar-refractivity contribution in [2.75, 3.05) is 7.11 Å². The summed E-state index contributed by atoms with van der Waals surface area (Å²) in [7, 11) is 1.34. The lowest BCUT2D eigenvalue weighted by molar-refractivity contribution is -0.242. The fourth-order valence-electron chi connectivity index (χ4n) is 1.10. The molecule has 0 radical (unpaired) electrons. The largest absolute Gasteiger partial charge is 0.385 e. The first-order chi connectivity index (χ1) is 5.57. The van der Waals surface area contributed by atoms with Crippen molar-refractivity contribution in [3.8, 4) is 0 Å². The smallest absolute Gasteiger partial charge is 0.192 e. The molecule has 0 amide bonds. The Labute approximate surface area is 69.9 Å². The van der Waals surface area contributed by atoms with Crippen molar-refractivity contribution >= 4 is 5.78 Å². The summed E-state index contributed by atoms with van der Waals surface area (Å²) >= 11 is 0. The molecular formula is C7H12O5. The van der Waals surface area contributed by atoms with Crippen LogP contribution in [0.2, 0.25) is 0 Å². The Hall–Kier alpha value is -0.490. The van der Waals surface area contributed by atoms with E-state index >= 15 is 0 Å². The van der Waals surface area contributed by atoms with Crippen molar-refractivity contribution in [1.82, 2.24) is 0 Å². The average Bonchev–Trinajstić information content (AvgIpc) is 2.08. The van der Waals surface area contributed by atoms with Crippen molar-refractivity contribution < 1.29 is 24.5 Å². The Kier molecular flexibility index (Phi) is 2.79. The van der Waals surface area contributed by atoms with Gasteiger partial charge in [-0.15, -0.1) is 0 Å². The molecule has 5 nitrogen and oxygen atoms in total. The van der Waals surface area contributed by atoms with Gasteiger partial charge < -0.3 is 19.7 Å². The summed E-state index contributed by atoms with van der Waals surface area (Å²) in [5.41, 5.74) is 0. The molecule has 4 atom stereocenters. The van der Waals surface area contributed by atoms with Gasteiger partial charge in [-0.1, -0.05) is 0 Å². The maximum absolute atomic E-state index is 11.0. The second-order valence-corrected chi connectivity index (χ2v) is 2.72. The molecule has 2 N–H and O–H groups in total. The fraction of sp³-hybridized carbons (Fsp3) is 0.857. The van der Waals surface area contributed by atoms with Gasteiger partial charge in [-0.3, -0.25) is 4.79 Å². The van der Waals surface area contributed by atoms with Gasteiger partial charge in [0.15, 0.2) is 12.1 Å². The number of methoxy groups -OCH3 is 1. The molecule has 0 aromatic rings. The van der Waals surface area contributed by atoms with Gasteiger partial charge in [0.05, 0.1) is 0 Å². The first-order valence-corrected chi connectivity index (χ1v) is 3.66. The maximum Gasteiger partial charge on any atom is 0.192 e. The summed E-state index contributed by atoms with van der Waals surface area (Å²) in [5, 5.41) is 18.4. The van der Waals surface area contributed by atoms with E-state index in [1.807, 2.05) is 0 Å². The predicted octanol–water partition coefficient (Wildman–Crippen LogP) is -1.33. The van der Waals surface area contributed by atoms with Gasteiger partial charge in [-0.2, -0.15) is 0 Å². The van der Waals surface area contributed by atoms with Crippen LogP contribution in [-0.2, 0) is 14.3 Å². The lowest BCUT2D eigenvalue weighted by Crippen LogP contribution is -2.54. The van der Waals surface area contributed by atoms with Crippen LogP contribution in [0.4, 0.5) is 0 Å². The topological polar surface area (TPSA) is 76.0 Å². The maximum atomic E-state index is 11.0. The average molecular weight is 176 g/mol. The zero-order chi connectivity index (χ0) is 9.30. The summed E-state index contributed by atoms with van der Waals surface area (Å²) in [6.07, 6.45) is -4.35. The molecule has 1 heterocycles. The molecule has 0 aliphatic carbocycles. The number of aliphatic hydroxyl groups excluding tert-OH is 2. The van der Waals surface area contributed by atoms with E-state index in [0.717, 1.165) is 0 Å². The highest BCUT2D eigenvalue weighted by Gasteiger charge is 2.41. The van der Waals surface area contributed by atoms with Crippen molar-refractivity contribution in [2.45, 2.75) is 31.5 Å². The minimum absolute atomic E-state index is 0.518. The number of rotatable bonds is 1. The van der Waals surface area contributed by atoms with Crippen LogP contribution in [0.25, 0.3) is 0 Å². The van der Waals surface area contributed by atoms with Crippen LogP contribution in [0.3, 0.4) is 0 Å². The number of carbonyl (C=O) groups is 1. The molecule has 0 saturated carbocycles. The zero-order valence-corrected chi connectivity index (χ0v) is 6.93. The van der Waals surface area contributed by atoms with Crippen LogP contribution in [0.15, 0.2) is 0 Å². The van der Waals surface area contributed by atoms with Crippen LogP contribution in [0.1, 0.15) is 6.92 Å². The van der Waals surface area contributed by atoms with Gasteiger partial charge in [0.2, 0.25) is 0 Å². The van der Waals surface area contributed by atoms with Gasteiger partial charge in [-0.05, 0) is 6.92 Å². The van der Waals surface area contributed by atoms with Gasteiger partial charge in [0.1, 0.15) is 18.3 Å². The van der Waals surface area contributed by atoms with Gasteiger partial charge in [0.25, 0.3) is 0 Å². The van der Waals surface area contributed by atoms with E-state index in [0.29, 0.717) is 0 Å². The van der Waals surface area contributed by atoms with Gasteiger partial charge in [-0.25, -0.2) is 0 Å². The first-order valence-electron chi connectivity index (χ1n) is 3.66. The molecular weight excluding hydrogens is 164 g/mol. The standard InChI is InChI=1S/C7H12O5/c1-3-4(8)5(9)6(10)7(11-2)12-3/h3,5-7,9-10H,1-2H3/t3?,5-,6?,7-/m0/s1. The summed E-state index contributed by atoms with van der Waals surface area (Å²) in [6, 6.07) is 0. The number of Topliss-reactive ketones (excluding diaryl/α,β-unsaturated/α-hetero) is 1. The molecule has 70 valence electrons. The molecule has 1 rings (SSSR count). The second kappa shape index (κ2) is 3.49. The number of aliphatic hydroxyl groups is 2. The number of ketones is 1. The highest BCUT2D eigenvalue weighted by Crippen LogP contribution is 2.17. The molecule has 0 aromatic carbocycles. The Balaban J connectivity index is 2.70. The van der Waals surface area contributed by atoms with Crippen LogP contribution in [-0.4, -0.2) is 47.7 Å². The van der Waals surface area contributed by atoms with E-state index in [2.05, 4.69) is 0 Å².